The molecule has 2 aliphatic rings. The zero-order valence-corrected chi connectivity index (χ0v) is 20.6. The summed E-state index contributed by atoms with van der Waals surface area (Å²) < 4.78 is 7.13. The zero-order chi connectivity index (χ0) is 23.2. The number of carbonyl (C=O) groups is 1. The summed E-state index contributed by atoms with van der Waals surface area (Å²) in [7, 11) is 0. The van der Waals surface area contributed by atoms with E-state index in [0.29, 0.717) is 6.42 Å². The number of aryl methyl sites for hydroxylation is 1. The lowest BCUT2D eigenvalue weighted by atomic mass is 9.73. The number of anilines is 2. The average molecular weight is 503 g/mol. The van der Waals surface area contributed by atoms with Gasteiger partial charge >= 0.3 is 0 Å². The van der Waals surface area contributed by atoms with E-state index in [1.165, 1.54) is 5.56 Å². The van der Waals surface area contributed by atoms with Crippen molar-refractivity contribution in [2.24, 2.45) is 5.41 Å². The molecule has 0 saturated heterocycles. The van der Waals surface area contributed by atoms with Crippen molar-refractivity contribution in [2.75, 3.05) is 10.6 Å². The van der Waals surface area contributed by atoms with Gasteiger partial charge in [-0.1, -0.05) is 59.6 Å². The molecule has 5 heteroatoms. The quantitative estimate of drug-likeness (QED) is 0.383. The minimum atomic E-state index is -0.236. The number of hydrogen-bond acceptors (Lipinski definition) is 4. The number of fused-ring (bicyclic) bond motifs is 1. The van der Waals surface area contributed by atoms with Crippen molar-refractivity contribution in [3.63, 3.8) is 0 Å². The van der Waals surface area contributed by atoms with E-state index in [-0.39, 0.29) is 17.2 Å². The van der Waals surface area contributed by atoms with Gasteiger partial charge in [-0.15, -0.1) is 0 Å². The Morgan fingerprint density at radius 3 is 2.33 bits per heavy atom. The maximum Gasteiger partial charge on any atom is 0.163 e. The lowest BCUT2D eigenvalue weighted by Crippen LogP contribution is -2.31. The zero-order valence-electron chi connectivity index (χ0n) is 19.0. The van der Waals surface area contributed by atoms with Crippen LogP contribution in [0.25, 0.3) is 0 Å². The standard InChI is InChI=1S/C28H27BrN2O2/c1-17-4-10-20(11-5-17)33-21-12-13-22-23(14-21)31-27(18-6-8-19(29)9-7-18)26-24(30-22)15-28(2,3)16-25(26)32/h4-14,27,30-31H,15-16H2,1-3H3. The molecule has 0 amide bonds. The van der Waals surface area contributed by atoms with Gasteiger partial charge in [0.2, 0.25) is 0 Å². The van der Waals surface area contributed by atoms with Crippen LogP contribution >= 0.6 is 15.9 Å². The number of hydrogen-bond donors (Lipinski definition) is 2. The molecular formula is C28H27BrN2O2. The monoisotopic (exact) mass is 502 g/mol. The highest BCUT2D eigenvalue weighted by molar-refractivity contribution is 9.10. The van der Waals surface area contributed by atoms with Crippen molar-refractivity contribution in [1.82, 2.24) is 0 Å². The molecule has 33 heavy (non-hydrogen) atoms. The number of allylic oxidation sites excluding steroid dienone is 1. The van der Waals surface area contributed by atoms with Crippen LogP contribution in [0.1, 0.15) is 43.9 Å². The van der Waals surface area contributed by atoms with Crippen LogP contribution in [0.3, 0.4) is 0 Å². The minimum absolute atomic E-state index is 0.0772. The molecule has 1 aliphatic heterocycles. The largest absolute Gasteiger partial charge is 0.457 e. The molecule has 5 rings (SSSR count). The molecule has 0 aromatic heterocycles. The molecule has 1 unspecified atom stereocenters. The fraction of sp³-hybridized carbons (Fsp3) is 0.250. The molecule has 1 heterocycles. The highest BCUT2D eigenvalue weighted by Gasteiger charge is 2.38. The Morgan fingerprint density at radius 2 is 1.61 bits per heavy atom. The van der Waals surface area contributed by atoms with Crippen molar-refractivity contribution in [3.8, 4) is 11.5 Å². The maximum atomic E-state index is 13.4. The van der Waals surface area contributed by atoms with E-state index in [1.807, 2.05) is 54.6 Å². The Hall–Kier alpha value is -3.05. The van der Waals surface area contributed by atoms with E-state index in [4.69, 9.17) is 4.74 Å². The first-order valence-corrected chi connectivity index (χ1v) is 12.0. The van der Waals surface area contributed by atoms with Gasteiger partial charge < -0.3 is 15.4 Å². The van der Waals surface area contributed by atoms with Crippen molar-refractivity contribution in [1.29, 1.82) is 0 Å². The Labute approximate surface area is 203 Å². The second kappa shape index (κ2) is 8.38. The van der Waals surface area contributed by atoms with E-state index >= 15 is 0 Å². The van der Waals surface area contributed by atoms with Gasteiger partial charge in [0.15, 0.2) is 5.78 Å². The number of benzene rings is 3. The predicted molar refractivity (Wildman–Crippen MR) is 137 cm³/mol. The fourth-order valence-corrected chi connectivity index (χ4v) is 4.90. The van der Waals surface area contributed by atoms with Crippen LogP contribution in [0.5, 0.6) is 11.5 Å². The molecule has 0 saturated carbocycles. The fourth-order valence-electron chi connectivity index (χ4n) is 4.63. The van der Waals surface area contributed by atoms with Gasteiger partial charge in [-0.3, -0.25) is 4.79 Å². The molecule has 2 N–H and O–H groups in total. The van der Waals surface area contributed by atoms with Crippen LogP contribution in [-0.2, 0) is 4.79 Å². The Bertz CT molecular complexity index is 1240. The normalized spacial score (nSPS) is 19.0. The van der Waals surface area contributed by atoms with Gasteiger partial charge in [0.1, 0.15) is 11.5 Å². The lowest BCUT2D eigenvalue weighted by Gasteiger charge is -2.34. The molecular weight excluding hydrogens is 476 g/mol. The van der Waals surface area contributed by atoms with Crippen LogP contribution in [0, 0.1) is 12.3 Å². The Balaban J connectivity index is 1.55. The first-order valence-electron chi connectivity index (χ1n) is 11.2. The molecule has 168 valence electrons. The van der Waals surface area contributed by atoms with Crippen LogP contribution in [0.15, 0.2) is 82.5 Å². The van der Waals surface area contributed by atoms with Crippen molar-refractivity contribution in [3.05, 3.63) is 93.6 Å². The first-order chi connectivity index (χ1) is 15.8. The van der Waals surface area contributed by atoms with E-state index < -0.39 is 0 Å². The third-order valence-electron chi connectivity index (χ3n) is 6.25. The summed E-state index contributed by atoms with van der Waals surface area (Å²) in [5.74, 6) is 1.73. The molecule has 3 aromatic rings. The summed E-state index contributed by atoms with van der Waals surface area (Å²) in [5.41, 5.74) is 5.86. The summed E-state index contributed by atoms with van der Waals surface area (Å²) in [6.07, 6.45) is 1.37. The number of carbonyl (C=O) groups excluding carboxylic acids is 1. The first kappa shape index (κ1) is 21.8. The number of rotatable bonds is 3. The van der Waals surface area contributed by atoms with Crippen LogP contribution in [0.4, 0.5) is 11.4 Å². The van der Waals surface area contributed by atoms with Crippen LogP contribution < -0.4 is 15.4 Å². The van der Waals surface area contributed by atoms with Crippen molar-refractivity contribution in [2.45, 2.75) is 39.7 Å². The molecule has 1 aliphatic carbocycles. The second-order valence-corrected chi connectivity index (χ2v) is 10.6. The second-order valence-electron chi connectivity index (χ2n) is 9.71. The number of nitrogens with one attached hydrogen (secondary N) is 2. The molecule has 3 aromatic carbocycles. The van der Waals surface area contributed by atoms with Gasteiger partial charge in [-0.2, -0.15) is 0 Å². The molecule has 1 atom stereocenters. The topological polar surface area (TPSA) is 50.4 Å². The van der Waals surface area contributed by atoms with E-state index in [1.54, 1.807) is 0 Å². The SMILES string of the molecule is Cc1ccc(Oc2ccc3c(c2)NC(c2ccc(Br)cc2)C2=C(CC(C)(C)CC2=O)N3)cc1. The van der Waals surface area contributed by atoms with Gasteiger partial charge in [0, 0.05) is 28.2 Å². The molecule has 0 radical (unpaired) electrons. The predicted octanol–water partition coefficient (Wildman–Crippen LogP) is 7.77. The molecule has 0 bridgehead atoms. The van der Waals surface area contributed by atoms with Crippen molar-refractivity contribution < 1.29 is 9.53 Å². The Kier molecular flexibility index (Phi) is 5.53. The van der Waals surface area contributed by atoms with Gasteiger partial charge in [0.05, 0.1) is 17.4 Å². The maximum absolute atomic E-state index is 13.4. The van der Waals surface area contributed by atoms with E-state index in [0.717, 1.165) is 50.6 Å². The average Bonchev–Trinajstić information content (AvgIpc) is 2.91. The van der Waals surface area contributed by atoms with E-state index in [9.17, 15) is 4.79 Å². The van der Waals surface area contributed by atoms with Crippen molar-refractivity contribution >= 4 is 33.1 Å². The third-order valence-corrected chi connectivity index (χ3v) is 6.77. The highest BCUT2D eigenvalue weighted by atomic mass is 79.9. The summed E-state index contributed by atoms with van der Waals surface area (Å²) in [6, 6.07) is 21.9. The van der Waals surface area contributed by atoms with Crippen LogP contribution in [-0.4, -0.2) is 5.78 Å². The number of Topliss-reactive ketones (excluding diaryl/α,β-unsaturated/α-hetero) is 1. The number of ketones is 1. The van der Waals surface area contributed by atoms with Gasteiger partial charge in [-0.05, 0) is 60.7 Å². The number of ether oxygens (including phenoxy) is 1. The summed E-state index contributed by atoms with van der Waals surface area (Å²) in [4.78, 5) is 13.4. The smallest absolute Gasteiger partial charge is 0.163 e. The third kappa shape index (κ3) is 4.55. The molecule has 4 nitrogen and oxygen atoms in total. The highest BCUT2D eigenvalue weighted by Crippen LogP contribution is 2.46. The number of halogens is 1. The van der Waals surface area contributed by atoms with Crippen LogP contribution in [0.2, 0.25) is 0 Å². The minimum Gasteiger partial charge on any atom is -0.457 e. The summed E-state index contributed by atoms with van der Waals surface area (Å²) in [6.45, 7) is 6.37. The summed E-state index contributed by atoms with van der Waals surface area (Å²) in [5, 5.41) is 7.24. The van der Waals surface area contributed by atoms with Gasteiger partial charge in [-0.25, -0.2) is 0 Å². The summed E-state index contributed by atoms with van der Waals surface area (Å²) >= 11 is 3.52. The lowest BCUT2D eigenvalue weighted by molar-refractivity contribution is -0.118. The molecule has 0 fully saturated rings. The van der Waals surface area contributed by atoms with Gasteiger partial charge in [0.25, 0.3) is 0 Å². The van der Waals surface area contributed by atoms with E-state index in [2.05, 4.69) is 59.5 Å². The Morgan fingerprint density at radius 1 is 0.909 bits per heavy atom. The molecule has 0 spiro atoms.